The van der Waals surface area contributed by atoms with Crippen molar-refractivity contribution in [1.29, 1.82) is 0 Å². The Hall–Kier alpha value is -2.44. The molecule has 0 aromatic heterocycles. The van der Waals surface area contributed by atoms with E-state index < -0.39 is 92.7 Å². The molecule has 1 aliphatic heterocycles. The third-order valence-corrected chi connectivity index (χ3v) is 40.8. The number of carbonyl (C=O) groups is 4. The number of hydrogen-bond acceptors (Lipinski definition) is 25. The van der Waals surface area contributed by atoms with Crippen molar-refractivity contribution in [3.63, 3.8) is 0 Å². The zero-order chi connectivity index (χ0) is 100. The van der Waals surface area contributed by atoms with Gasteiger partial charge in [0.1, 0.15) is 33.0 Å². The first-order valence-corrected chi connectivity index (χ1v) is 66.9. The Labute approximate surface area is 825 Å². The summed E-state index contributed by atoms with van der Waals surface area (Å²) in [6, 6.07) is 3.29. The highest BCUT2D eigenvalue weighted by molar-refractivity contribution is 6.85. The molecule has 31 heteroatoms. The zero-order valence-electron chi connectivity index (χ0n) is 89.0. The number of hydrogen-bond donors (Lipinski definition) is 5. The number of carbonyl (C=O) groups excluding carboxylic acids is 4. The van der Waals surface area contributed by atoms with Crippen molar-refractivity contribution in [1.82, 2.24) is 14.7 Å². The third-order valence-electron chi connectivity index (χ3n) is 22.2. The van der Waals surface area contributed by atoms with Crippen LogP contribution in [0.4, 0.5) is 0 Å². The van der Waals surface area contributed by atoms with Crippen LogP contribution >= 0.6 is 0 Å². The van der Waals surface area contributed by atoms with Crippen molar-refractivity contribution in [2.75, 3.05) is 125 Å². The number of piperazine rings is 1. The third kappa shape index (κ3) is 90.1. The molecule has 1 fully saturated rings. The van der Waals surface area contributed by atoms with E-state index in [4.69, 9.17) is 55.0 Å². The predicted molar refractivity (Wildman–Crippen MR) is 580 cm³/mol. The maximum Gasteiger partial charge on any atom is 0.330 e. The van der Waals surface area contributed by atoms with Gasteiger partial charge in [-0.3, -0.25) is 19.3 Å². The summed E-state index contributed by atoms with van der Waals surface area (Å²) in [6.45, 7) is 104. The van der Waals surface area contributed by atoms with Crippen molar-refractivity contribution >= 4 is 73.8 Å². The van der Waals surface area contributed by atoms with Gasteiger partial charge >= 0.3 is 23.9 Å². The van der Waals surface area contributed by atoms with Crippen LogP contribution in [0.2, 0.25) is 116 Å². The molecule has 0 saturated carbocycles. The number of likely N-dealkylation sites (N-methyl/N-ethyl adjacent to an activating group) is 2. The first-order chi connectivity index (χ1) is 57.5. The van der Waals surface area contributed by atoms with Crippen LogP contribution in [0.15, 0.2) is 38.2 Å². The molecule has 0 amide bonds. The van der Waals surface area contributed by atoms with Crippen LogP contribution in [0.25, 0.3) is 0 Å². The van der Waals surface area contributed by atoms with Crippen LogP contribution < -0.4 is 0 Å². The van der Waals surface area contributed by atoms with Gasteiger partial charge in [-0.1, -0.05) is 209 Å². The minimum absolute atomic E-state index is 0. The SMILES string of the molecule is C.C.C.C.C.C.C=CC(=O)OCCOC(=O)C(C)CC.C=CCOC(=O)C(C)(C)CC.C=COCCOC(=O)C(C)(C)CC.CCC(C)(C)C(O)OCCC[Si](C)(C)O[Si](C)(C)C.CCC(C)(C)C(O)OCCC[Si](C)(C)O[Si](C)(C)C.CCC(C)(C)C(O)OCCN1CCN(C)CC1.CCC(C)C(O)OCCC[Si](C)(C)O[Si](C)(C)C.CCN(CC)CCOC(O)C(C)(C)CC. The van der Waals surface area contributed by atoms with Gasteiger partial charge in [-0.25, -0.2) is 4.79 Å². The molecule has 1 heterocycles. The Bertz CT molecular complexity index is 2680. The van der Waals surface area contributed by atoms with Gasteiger partial charge in [-0.05, 0) is 235 Å². The number of ether oxygens (including phenoxy) is 10. The fraction of sp³-hybridized carbons (Fsp3) is 0.901. The van der Waals surface area contributed by atoms with E-state index in [9.17, 15) is 44.7 Å². The molecule has 132 heavy (non-hydrogen) atoms. The van der Waals surface area contributed by atoms with E-state index in [2.05, 4.69) is 193 Å². The monoisotopic (exact) mass is 2000 g/mol. The summed E-state index contributed by atoms with van der Waals surface area (Å²) in [5.41, 5.74) is -1.38. The highest BCUT2D eigenvalue weighted by atomic mass is 28.4. The van der Waals surface area contributed by atoms with Crippen molar-refractivity contribution in [2.45, 2.75) is 429 Å². The first-order valence-electron chi connectivity index (χ1n) is 47.3. The largest absolute Gasteiger partial charge is 0.498 e. The highest BCUT2D eigenvalue weighted by Gasteiger charge is 2.35. The average molecular weight is 2010 g/mol. The summed E-state index contributed by atoms with van der Waals surface area (Å²) in [4.78, 5) is 51.2. The van der Waals surface area contributed by atoms with E-state index in [0.717, 1.165) is 147 Å². The minimum atomic E-state index is -1.56. The van der Waals surface area contributed by atoms with Crippen LogP contribution in [0.5, 0.6) is 0 Å². The minimum Gasteiger partial charge on any atom is -0.498 e. The van der Waals surface area contributed by atoms with E-state index >= 15 is 0 Å². The molecule has 7 unspecified atom stereocenters. The number of esters is 4. The van der Waals surface area contributed by atoms with Crippen molar-refractivity contribution in [2.24, 2.45) is 44.3 Å². The van der Waals surface area contributed by atoms with E-state index in [1.54, 1.807) is 13.0 Å². The molecule has 0 aromatic rings. The van der Waals surface area contributed by atoms with Gasteiger partial charge in [-0.2, -0.15) is 0 Å². The summed E-state index contributed by atoms with van der Waals surface area (Å²) in [7, 11) is -6.83. The van der Waals surface area contributed by atoms with Gasteiger partial charge in [0.05, 0.1) is 36.2 Å². The second-order valence-electron chi connectivity index (χ2n) is 41.7. The first kappa shape index (κ1) is 158. The molecule has 0 radical (unpaired) electrons. The smallest absolute Gasteiger partial charge is 0.330 e. The molecule has 0 aromatic carbocycles. The van der Waals surface area contributed by atoms with Crippen LogP contribution in [-0.4, -0.2) is 271 Å². The molecule has 1 aliphatic rings. The molecule has 0 spiro atoms. The normalized spacial score (nSPS) is 14.4. The molecule has 25 nitrogen and oxygen atoms in total. The molecule has 804 valence electrons. The lowest BCUT2D eigenvalue weighted by molar-refractivity contribution is -0.168. The summed E-state index contributed by atoms with van der Waals surface area (Å²) in [5.74, 6) is -0.993. The summed E-state index contributed by atoms with van der Waals surface area (Å²) in [5, 5.41) is 49.3. The Morgan fingerprint density at radius 3 is 1.02 bits per heavy atom. The number of nitrogens with zero attached hydrogens (tertiary/aromatic N) is 3. The van der Waals surface area contributed by atoms with Crippen molar-refractivity contribution in [3.8, 4) is 0 Å². The number of aliphatic hydroxyl groups excluding tert-OH is 5. The molecular formula is C101H229N3O22Si6. The van der Waals surface area contributed by atoms with Gasteiger partial charge in [0.25, 0.3) is 0 Å². The predicted octanol–water partition coefficient (Wildman–Crippen LogP) is 24.7. The molecule has 1 rings (SSSR count). The van der Waals surface area contributed by atoms with Crippen LogP contribution in [0.3, 0.4) is 0 Å². The fourth-order valence-corrected chi connectivity index (χ4v) is 34.7. The molecule has 1 saturated heterocycles. The quantitative estimate of drug-likeness (QED) is 0.00552. The second kappa shape index (κ2) is 82.2. The van der Waals surface area contributed by atoms with Gasteiger partial charge in [-0.15, -0.1) is 0 Å². The molecular weight excluding hydrogens is 1780 g/mol. The van der Waals surface area contributed by atoms with Gasteiger partial charge in [0, 0.05) is 92.7 Å². The summed E-state index contributed by atoms with van der Waals surface area (Å²) in [6.07, 6.45) is 10.6. The van der Waals surface area contributed by atoms with Crippen LogP contribution in [0, 0.1) is 44.3 Å². The maximum absolute atomic E-state index is 11.4. The van der Waals surface area contributed by atoms with Gasteiger partial charge < -0.3 is 95.0 Å². The maximum atomic E-state index is 11.4. The highest BCUT2D eigenvalue weighted by Crippen LogP contribution is 2.31. The molecule has 7 atom stereocenters. The lowest BCUT2D eigenvalue weighted by Crippen LogP contribution is -2.46. The standard InChI is InChI=1S/2C14H34O3Si2.C13H28N2O2.C13H32O3Si2.C12H27NO2.C10H16O4.C10H18O3.C9H16O2.6CH4/c2*1-9-14(2,3)13(15)16-11-10-12-19(7,8)17-18(4,5)6;1-5-13(2,3)12(16)17-11-10-15-8-6-14(4)7-9-15;1-8-12(2)13(14)15-10-9-11-18(6,7)16-17(3,4)5;1-6-12(4,5)11(14)15-10-9-13(7-2)8-3;1-4-8(3)10(12)14-7-6-13-9(11)5-2;1-5-10(3,4)9(11)13-8-7-12-6-2;1-5-7-11-8(10)9(3,4)6-2;;;;;;/h2*13,15H,9-12H2,1-8H3;12,16H,5-11H2,1-4H3;12-14H,8-11H2,1-7H3;11,14H,6-10H2,1-5H3;5,8H,2,4,6-7H2,1,3H3;6H,2,5,7-8H2,1,3-4H3;5H,1,6-7H2,2-4H3;6*1H4. The number of rotatable bonds is 57. The Kier molecular flexibility index (Phi) is 98.1. The van der Waals surface area contributed by atoms with E-state index in [1.807, 2.05) is 111 Å². The number of aliphatic hydroxyl groups is 5. The molecule has 0 aliphatic carbocycles. The van der Waals surface area contributed by atoms with E-state index in [1.165, 1.54) is 6.26 Å². The van der Waals surface area contributed by atoms with Gasteiger partial charge in [0.2, 0.25) is 0 Å². The van der Waals surface area contributed by atoms with Crippen molar-refractivity contribution < 1.29 is 104 Å². The summed E-state index contributed by atoms with van der Waals surface area (Å²) >= 11 is 0. The average Bonchev–Trinajstić information content (AvgIpc) is 0.902. The fourth-order valence-electron chi connectivity index (χ4n) is 10.6. The zero-order valence-corrected chi connectivity index (χ0v) is 95.0. The van der Waals surface area contributed by atoms with E-state index in [0.29, 0.717) is 46.2 Å². The molecule has 5 N–H and O–H groups in total. The lowest BCUT2D eigenvalue weighted by atomic mass is 9.89. The van der Waals surface area contributed by atoms with Crippen molar-refractivity contribution in [3.05, 3.63) is 38.2 Å². The lowest BCUT2D eigenvalue weighted by Gasteiger charge is -2.33. The second-order valence-corrected chi connectivity index (χ2v) is 68.9. The Morgan fingerprint density at radius 1 is 0.409 bits per heavy atom. The Balaban J connectivity index is -0.000000111. The Morgan fingerprint density at radius 2 is 0.727 bits per heavy atom. The molecule has 0 bridgehead atoms. The van der Waals surface area contributed by atoms with Crippen LogP contribution in [0.1, 0.15) is 281 Å². The van der Waals surface area contributed by atoms with Gasteiger partial charge in [0.15, 0.2) is 81.4 Å². The summed E-state index contributed by atoms with van der Waals surface area (Å²) < 4.78 is 70.5. The van der Waals surface area contributed by atoms with E-state index in [-0.39, 0.29) is 121 Å². The van der Waals surface area contributed by atoms with Crippen LogP contribution in [-0.2, 0) is 78.9 Å². The topological polar surface area (TPSA) is 299 Å².